The molecule has 0 aromatic heterocycles. The Labute approximate surface area is 175 Å². The van der Waals surface area contributed by atoms with Gasteiger partial charge >= 0.3 is 0 Å². The Morgan fingerprint density at radius 3 is 2.33 bits per heavy atom. The molecule has 1 unspecified atom stereocenters. The first kappa shape index (κ1) is 21.4. The third-order valence-corrected chi connectivity index (χ3v) is 4.86. The van der Waals surface area contributed by atoms with E-state index in [0.717, 1.165) is 19.4 Å². The van der Waals surface area contributed by atoms with Crippen LogP contribution in [0.5, 0.6) is 17.2 Å². The quantitative estimate of drug-likeness (QED) is 0.690. The van der Waals surface area contributed by atoms with Crippen molar-refractivity contribution in [3.63, 3.8) is 0 Å². The largest absolute Gasteiger partial charge is 0.493 e. The zero-order chi connectivity index (χ0) is 21.5. The zero-order valence-electron chi connectivity index (χ0n) is 17.3. The molecule has 0 saturated carbocycles. The van der Waals surface area contributed by atoms with Crippen LogP contribution in [0, 0.1) is 0 Å². The predicted molar refractivity (Wildman–Crippen MR) is 112 cm³/mol. The molecule has 0 radical (unpaired) electrons. The second kappa shape index (κ2) is 9.98. The summed E-state index contributed by atoms with van der Waals surface area (Å²) in [6.07, 6.45) is 1.97. The van der Waals surface area contributed by atoms with Crippen LogP contribution in [0.25, 0.3) is 0 Å². The number of nitrogens with one attached hydrogen (secondary N) is 2. The van der Waals surface area contributed by atoms with Crippen LogP contribution >= 0.6 is 0 Å². The number of benzene rings is 2. The fourth-order valence-corrected chi connectivity index (χ4v) is 3.30. The molecule has 2 aromatic rings. The third kappa shape index (κ3) is 4.83. The van der Waals surface area contributed by atoms with Gasteiger partial charge in [0.15, 0.2) is 11.5 Å². The number of methoxy groups -OCH3 is 3. The van der Waals surface area contributed by atoms with E-state index in [9.17, 15) is 9.59 Å². The summed E-state index contributed by atoms with van der Waals surface area (Å²) >= 11 is 0. The Morgan fingerprint density at radius 1 is 1.03 bits per heavy atom. The Bertz CT molecular complexity index is 883. The average molecular weight is 414 g/mol. The summed E-state index contributed by atoms with van der Waals surface area (Å²) in [4.78, 5) is 25.5. The van der Waals surface area contributed by atoms with Gasteiger partial charge in [0.2, 0.25) is 5.75 Å². The van der Waals surface area contributed by atoms with Crippen molar-refractivity contribution in [1.82, 2.24) is 5.32 Å². The molecule has 2 amide bonds. The summed E-state index contributed by atoms with van der Waals surface area (Å²) in [5.41, 5.74) is 1.08. The number of hydrogen-bond acceptors (Lipinski definition) is 6. The second-order valence-corrected chi connectivity index (χ2v) is 6.76. The van der Waals surface area contributed by atoms with Crippen molar-refractivity contribution in [2.45, 2.75) is 18.9 Å². The summed E-state index contributed by atoms with van der Waals surface area (Å²) < 4.78 is 21.4. The minimum atomic E-state index is -0.409. The lowest BCUT2D eigenvalue weighted by molar-refractivity contribution is 0.0858. The van der Waals surface area contributed by atoms with E-state index in [-0.39, 0.29) is 12.0 Å². The highest BCUT2D eigenvalue weighted by atomic mass is 16.5. The molecule has 30 heavy (non-hydrogen) atoms. The van der Waals surface area contributed by atoms with Crippen LogP contribution < -0.4 is 24.8 Å². The molecule has 1 aliphatic rings. The molecule has 1 saturated heterocycles. The monoisotopic (exact) mass is 414 g/mol. The molecule has 0 bridgehead atoms. The number of rotatable bonds is 8. The van der Waals surface area contributed by atoms with Gasteiger partial charge in [-0.05, 0) is 37.1 Å². The Balaban J connectivity index is 1.78. The van der Waals surface area contributed by atoms with Crippen molar-refractivity contribution in [3.8, 4) is 17.2 Å². The molecule has 0 aliphatic carbocycles. The van der Waals surface area contributed by atoms with Crippen molar-refractivity contribution in [2.75, 3.05) is 39.8 Å². The maximum absolute atomic E-state index is 12.9. The molecule has 1 aliphatic heterocycles. The lowest BCUT2D eigenvalue weighted by Crippen LogP contribution is -2.32. The maximum Gasteiger partial charge on any atom is 0.255 e. The molecule has 1 atom stereocenters. The van der Waals surface area contributed by atoms with Crippen LogP contribution in [0.2, 0.25) is 0 Å². The average Bonchev–Trinajstić information content (AvgIpc) is 3.30. The maximum atomic E-state index is 12.9. The standard InChI is InChI=1S/C22H26N2O6/c1-27-18-11-14(12-19(28-2)20(18)29-3)21(25)24-17-9-5-4-8-16(17)22(26)23-13-15-7-6-10-30-15/h4-5,8-9,11-12,15H,6-7,10,13H2,1-3H3,(H,23,26)(H,24,25). The van der Waals surface area contributed by atoms with Crippen LogP contribution in [0.4, 0.5) is 5.69 Å². The molecule has 8 heteroatoms. The van der Waals surface area contributed by atoms with Gasteiger partial charge in [0.25, 0.3) is 11.8 Å². The topological polar surface area (TPSA) is 95.1 Å². The van der Waals surface area contributed by atoms with Gasteiger partial charge in [0.05, 0.1) is 38.7 Å². The smallest absolute Gasteiger partial charge is 0.255 e. The van der Waals surface area contributed by atoms with E-state index < -0.39 is 5.91 Å². The summed E-state index contributed by atoms with van der Waals surface area (Å²) in [7, 11) is 4.45. The van der Waals surface area contributed by atoms with E-state index in [1.54, 1.807) is 36.4 Å². The predicted octanol–water partition coefficient (Wildman–Crippen LogP) is 2.87. The van der Waals surface area contributed by atoms with Gasteiger partial charge < -0.3 is 29.6 Å². The van der Waals surface area contributed by atoms with Crippen LogP contribution in [-0.4, -0.2) is 52.4 Å². The van der Waals surface area contributed by atoms with E-state index in [1.807, 2.05) is 0 Å². The third-order valence-electron chi connectivity index (χ3n) is 4.86. The van der Waals surface area contributed by atoms with E-state index in [1.165, 1.54) is 21.3 Å². The van der Waals surface area contributed by atoms with Gasteiger partial charge in [0, 0.05) is 18.7 Å². The Kier molecular flexibility index (Phi) is 7.13. The van der Waals surface area contributed by atoms with Gasteiger partial charge in [-0.15, -0.1) is 0 Å². The molecule has 160 valence electrons. The van der Waals surface area contributed by atoms with Crippen LogP contribution in [0.1, 0.15) is 33.6 Å². The van der Waals surface area contributed by atoms with Crippen LogP contribution in [0.3, 0.4) is 0 Å². The lowest BCUT2D eigenvalue weighted by Gasteiger charge is -2.15. The first-order valence-electron chi connectivity index (χ1n) is 9.67. The minimum Gasteiger partial charge on any atom is -0.493 e. The van der Waals surface area contributed by atoms with Gasteiger partial charge in [-0.1, -0.05) is 12.1 Å². The lowest BCUT2D eigenvalue weighted by atomic mass is 10.1. The molecular weight excluding hydrogens is 388 g/mol. The fraction of sp³-hybridized carbons (Fsp3) is 0.364. The molecular formula is C22H26N2O6. The van der Waals surface area contributed by atoms with E-state index in [2.05, 4.69) is 10.6 Å². The molecule has 1 heterocycles. The molecule has 0 spiro atoms. The normalized spacial score (nSPS) is 15.4. The number of amides is 2. The van der Waals surface area contributed by atoms with Gasteiger partial charge in [-0.25, -0.2) is 0 Å². The number of carbonyl (C=O) groups is 2. The highest BCUT2D eigenvalue weighted by Crippen LogP contribution is 2.38. The number of para-hydroxylation sites is 1. The van der Waals surface area contributed by atoms with Gasteiger partial charge in [0.1, 0.15) is 0 Å². The molecule has 2 aromatic carbocycles. The first-order chi connectivity index (χ1) is 14.6. The SMILES string of the molecule is COc1cc(C(=O)Nc2ccccc2C(=O)NCC2CCCO2)cc(OC)c1OC. The molecule has 1 fully saturated rings. The van der Waals surface area contributed by atoms with E-state index >= 15 is 0 Å². The zero-order valence-corrected chi connectivity index (χ0v) is 17.3. The second-order valence-electron chi connectivity index (χ2n) is 6.76. The number of anilines is 1. The number of carbonyl (C=O) groups excluding carboxylic acids is 2. The first-order valence-corrected chi connectivity index (χ1v) is 9.67. The number of hydrogen-bond donors (Lipinski definition) is 2. The summed E-state index contributed by atoms with van der Waals surface area (Å²) in [5, 5.41) is 5.67. The van der Waals surface area contributed by atoms with E-state index in [4.69, 9.17) is 18.9 Å². The van der Waals surface area contributed by atoms with Crippen molar-refractivity contribution < 1.29 is 28.5 Å². The summed E-state index contributed by atoms with van der Waals surface area (Å²) in [5.74, 6) is 0.444. The van der Waals surface area contributed by atoms with Gasteiger partial charge in [-0.2, -0.15) is 0 Å². The highest BCUT2D eigenvalue weighted by molar-refractivity contribution is 6.09. The minimum absolute atomic E-state index is 0.0370. The van der Waals surface area contributed by atoms with Crippen LogP contribution in [0.15, 0.2) is 36.4 Å². The summed E-state index contributed by atoms with van der Waals surface area (Å²) in [6, 6.07) is 9.94. The Morgan fingerprint density at radius 2 is 1.73 bits per heavy atom. The van der Waals surface area contributed by atoms with Crippen molar-refractivity contribution in [1.29, 1.82) is 0 Å². The molecule has 8 nitrogen and oxygen atoms in total. The summed E-state index contributed by atoms with van der Waals surface area (Å²) in [6.45, 7) is 1.16. The highest BCUT2D eigenvalue weighted by Gasteiger charge is 2.20. The van der Waals surface area contributed by atoms with Crippen molar-refractivity contribution in [3.05, 3.63) is 47.5 Å². The van der Waals surface area contributed by atoms with Crippen molar-refractivity contribution in [2.24, 2.45) is 0 Å². The van der Waals surface area contributed by atoms with Crippen molar-refractivity contribution >= 4 is 17.5 Å². The molecule has 3 rings (SSSR count). The van der Waals surface area contributed by atoms with E-state index in [0.29, 0.717) is 40.6 Å². The molecule has 2 N–H and O–H groups in total. The number of ether oxygens (including phenoxy) is 4. The van der Waals surface area contributed by atoms with Gasteiger partial charge in [-0.3, -0.25) is 9.59 Å². The Hall–Kier alpha value is -3.26. The fourth-order valence-electron chi connectivity index (χ4n) is 3.30. The van der Waals surface area contributed by atoms with Crippen LogP contribution in [-0.2, 0) is 4.74 Å².